The Balaban J connectivity index is 2.29. The molecule has 3 rings (SSSR count). The van der Waals surface area contributed by atoms with Gasteiger partial charge >= 0.3 is 0 Å². The average Bonchev–Trinajstić information content (AvgIpc) is 2.76. The molecule has 0 spiro atoms. The molecule has 0 bridgehead atoms. The number of nitrogens with zero attached hydrogens (tertiary/aromatic N) is 2. The van der Waals surface area contributed by atoms with E-state index in [0.717, 1.165) is 16.8 Å². The first-order valence-corrected chi connectivity index (χ1v) is 4.89. The van der Waals surface area contributed by atoms with Gasteiger partial charge < -0.3 is 10.2 Å². The molecule has 3 aromatic rings. The van der Waals surface area contributed by atoms with E-state index in [9.17, 15) is 0 Å². The lowest BCUT2D eigenvalue weighted by Crippen LogP contribution is -1.89. The van der Waals surface area contributed by atoms with Crippen LogP contribution in [0.1, 0.15) is 0 Å². The van der Waals surface area contributed by atoms with Crippen LogP contribution in [0.4, 0.5) is 5.69 Å². The molecule has 0 saturated heterocycles. The Kier molecular flexibility index (Phi) is 1.86. The topological polar surface area (TPSA) is 64.9 Å². The highest BCUT2D eigenvalue weighted by molar-refractivity contribution is 5.87. The van der Waals surface area contributed by atoms with Crippen molar-refractivity contribution in [1.82, 2.24) is 9.97 Å². The summed E-state index contributed by atoms with van der Waals surface area (Å²) < 4.78 is 5.38. The number of nitrogen functional groups attached to an aromatic ring is 1. The number of aromatic nitrogens is 2. The van der Waals surface area contributed by atoms with Crippen LogP contribution < -0.4 is 5.73 Å². The maximum Gasteiger partial charge on any atom is 0.178 e. The molecule has 2 aromatic heterocycles. The van der Waals surface area contributed by atoms with Gasteiger partial charge in [-0.05, 0) is 12.1 Å². The third kappa shape index (κ3) is 1.32. The van der Waals surface area contributed by atoms with Crippen LogP contribution in [0.25, 0.3) is 22.4 Å². The van der Waals surface area contributed by atoms with Gasteiger partial charge in [0.15, 0.2) is 5.58 Å². The molecule has 0 unspecified atom stereocenters. The molecule has 16 heavy (non-hydrogen) atoms. The fourth-order valence-electron chi connectivity index (χ4n) is 1.68. The van der Waals surface area contributed by atoms with Crippen molar-refractivity contribution < 1.29 is 4.42 Å². The van der Waals surface area contributed by atoms with Gasteiger partial charge in [0, 0.05) is 17.3 Å². The van der Waals surface area contributed by atoms with Gasteiger partial charge in [-0.2, -0.15) is 0 Å². The zero-order chi connectivity index (χ0) is 11.0. The number of rotatable bonds is 1. The van der Waals surface area contributed by atoms with E-state index in [0.29, 0.717) is 11.3 Å². The molecular formula is C12H9N3O. The molecule has 2 heterocycles. The maximum absolute atomic E-state index is 5.74. The molecule has 0 atom stereocenters. The number of anilines is 1. The van der Waals surface area contributed by atoms with E-state index in [1.807, 2.05) is 30.3 Å². The number of nitrogens with two attached hydrogens (primary N) is 1. The Bertz CT molecular complexity index is 645. The summed E-state index contributed by atoms with van der Waals surface area (Å²) in [4.78, 5) is 8.34. The van der Waals surface area contributed by atoms with Gasteiger partial charge in [0.1, 0.15) is 17.5 Å². The average molecular weight is 211 g/mol. The molecule has 0 aliphatic rings. The van der Waals surface area contributed by atoms with Crippen LogP contribution in [0.5, 0.6) is 0 Å². The first kappa shape index (κ1) is 8.91. The van der Waals surface area contributed by atoms with Crippen molar-refractivity contribution in [3.05, 3.63) is 42.9 Å². The molecule has 4 heteroatoms. The lowest BCUT2D eigenvalue weighted by Gasteiger charge is -2.01. The fraction of sp³-hybridized carbons (Fsp3) is 0. The van der Waals surface area contributed by atoms with Crippen molar-refractivity contribution in [1.29, 1.82) is 0 Å². The SMILES string of the molecule is Nc1cccc(-c2ncnc3ccoc23)c1. The first-order chi connectivity index (χ1) is 7.84. The van der Waals surface area contributed by atoms with Gasteiger partial charge in [0.2, 0.25) is 0 Å². The predicted molar refractivity (Wildman–Crippen MR) is 61.7 cm³/mol. The summed E-state index contributed by atoms with van der Waals surface area (Å²) in [6, 6.07) is 9.35. The van der Waals surface area contributed by atoms with E-state index in [1.54, 1.807) is 6.26 Å². The minimum Gasteiger partial charge on any atom is -0.460 e. The molecule has 4 nitrogen and oxygen atoms in total. The smallest absolute Gasteiger partial charge is 0.178 e. The summed E-state index contributed by atoms with van der Waals surface area (Å²) in [5.41, 5.74) is 9.63. The number of furan rings is 1. The molecule has 0 aliphatic carbocycles. The van der Waals surface area contributed by atoms with Gasteiger partial charge in [-0.3, -0.25) is 0 Å². The molecule has 2 N–H and O–H groups in total. The van der Waals surface area contributed by atoms with E-state index in [1.165, 1.54) is 6.33 Å². The largest absolute Gasteiger partial charge is 0.460 e. The van der Waals surface area contributed by atoms with Gasteiger partial charge in [-0.1, -0.05) is 12.1 Å². The second-order valence-corrected chi connectivity index (χ2v) is 3.48. The maximum atomic E-state index is 5.74. The summed E-state index contributed by atoms with van der Waals surface area (Å²) in [6.07, 6.45) is 3.13. The molecule has 1 aromatic carbocycles. The van der Waals surface area contributed by atoms with Crippen molar-refractivity contribution in [2.45, 2.75) is 0 Å². The summed E-state index contributed by atoms with van der Waals surface area (Å²) in [5, 5.41) is 0. The Morgan fingerprint density at radius 2 is 2.06 bits per heavy atom. The van der Waals surface area contributed by atoms with Crippen LogP contribution in [0, 0.1) is 0 Å². The summed E-state index contributed by atoms with van der Waals surface area (Å²) in [6.45, 7) is 0. The second-order valence-electron chi connectivity index (χ2n) is 3.48. The number of hydrogen-bond acceptors (Lipinski definition) is 4. The van der Waals surface area contributed by atoms with Crippen LogP contribution in [0.2, 0.25) is 0 Å². The molecule has 0 saturated carbocycles. The number of hydrogen-bond donors (Lipinski definition) is 1. The Labute approximate surface area is 91.7 Å². The van der Waals surface area contributed by atoms with Crippen molar-refractivity contribution in [2.24, 2.45) is 0 Å². The van der Waals surface area contributed by atoms with Crippen LogP contribution in [0.3, 0.4) is 0 Å². The molecule has 0 radical (unpaired) electrons. The van der Waals surface area contributed by atoms with Gasteiger partial charge in [0.05, 0.1) is 6.26 Å². The van der Waals surface area contributed by atoms with Crippen LogP contribution in [-0.4, -0.2) is 9.97 Å². The lowest BCUT2D eigenvalue weighted by atomic mass is 10.1. The number of benzene rings is 1. The van der Waals surface area contributed by atoms with E-state index < -0.39 is 0 Å². The Morgan fingerprint density at radius 1 is 1.12 bits per heavy atom. The minimum atomic E-state index is 0.688. The van der Waals surface area contributed by atoms with Crippen molar-refractivity contribution >= 4 is 16.8 Å². The normalized spacial score (nSPS) is 10.8. The van der Waals surface area contributed by atoms with Crippen molar-refractivity contribution in [3.63, 3.8) is 0 Å². The quantitative estimate of drug-likeness (QED) is 0.628. The molecule has 0 amide bonds. The summed E-state index contributed by atoms with van der Waals surface area (Å²) >= 11 is 0. The highest BCUT2D eigenvalue weighted by Gasteiger charge is 2.08. The third-order valence-electron chi connectivity index (χ3n) is 2.40. The molecular weight excluding hydrogens is 202 g/mol. The van der Waals surface area contributed by atoms with Gasteiger partial charge in [-0.25, -0.2) is 9.97 Å². The zero-order valence-corrected chi connectivity index (χ0v) is 8.42. The van der Waals surface area contributed by atoms with Gasteiger partial charge in [0.25, 0.3) is 0 Å². The van der Waals surface area contributed by atoms with Gasteiger partial charge in [-0.15, -0.1) is 0 Å². The van der Waals surface area contributed by atoms with E-state index in [2.05, 4.69) is 9.97 Å². The van der Waals surface area contributed by atoms with Crippen LogP contribution in [0.15, 0.2) is 47.3 Å². The Hall–Kier alpha value is -2.36. The third-order valence-corrected chi connectivity index (χ3v) is 2.40. The van der Waals surface area contributed by atoms with Crippen LogP contribution >= 0.6 is 0 Å². The molecule has 0 aliphatic heterocycles. The van der Waals surface area contributed by atoms with Crippen molar-refractivity contribution in [3.8, 4) is 11.3 Å². The monoisotopic (exact) mass is 211 g/mol. The lowest BCUT2D eigenvalue weighted by molar-refractivity contribution is 0.615. The second kappa shape index (κ2) is 3.34. The predicted octanol–water partition coefficient (Wildman–Crippen LogP) is 2.47. The standard InChI is InChI=1S/C12H9N3O/c13-9-3-1-2-8(6-9)11-12-10(4-5-16-12)14-7-15-11/h1-7H,13H2. The van der Waals surface area contributed by atoms with E-state index in [4.69, 9.17) is 10.2 Å². The minimum absolute atomic E-state index is 0.688. The van der Waals surface area contributed by atoms with Crippen LogP contribution in [-0.2, 0) is 0 Å². The highest BCUT2D eigenvalue weighted by atomic mass is 16.3. The summed E-state index contributed by atoms with van der Waals surface area (Å²) in [5.74, 6) is 0. The zero-order valence-electron chi connectivity index (χ0n) is 8.42. The summed E-state index contributed by atoms with van der Waals surface area (Å²) in [7, 11) is 0. The van der Waals surface area contributed by atoms with E-state index >= 15 is 0 Å². The molecule has 0 fully saturated rings. The molecule has 78 valence electrons. The number of fused-ring (bicyclic) bond motifs is 1. The van der Waals surface area contributed by atoms with E-state index in [-0.39, 0.29) is 0 Å². The fourth-order valence-corrected chi connectivity index (χ4v) is 1.68. The first-order valence-electron chi connectivity index (χ1n) is 4.89. The Morgan fingerprint density at radius 3 is 2.94 bits per heavy atom. The van der Waals surface area contributed by atoms with Crippen molar-refractivity contribution in [2.75, 3.05) is 5.73 Å². The highest BCUT2D eigenvalue weighted by Crippen LogP contribution is 2.26.